The summed E-state index contributed by atoms with van der Waals surface area (Å²) >= 11 is 1.19. The minimum Gasteiger partial charge on any atom is -0.462 e. The number of nitrogens with one attached hydrogen (secondary N) is 2. The van der Waals surface area contributed by atoms with Crippen LogP contribution in [0.3, 0.4) is 0 Å². The second-order valence-electron chi connectivity index (χ2n) is 7.89. The van der Waals surface area contributed by atoms with Gasteiger partial charge >= 0.3 is 11.9 Å². The number of hydrogen-bond donors (Lipinski definition) is 2. The molecule has 0 spiro atoms. The number of rotatable bonds is 8. The maximum atomic E-state index is 12.8. The van der Waals surface area contributed by atoms with Crippen molar-refractivity contribution >= 4 is 40.1 Å². The van der Waals surface area contributed by atoms with E-state index < -0.39 is 30.0 Å². The predicted molar refractivity (Wildman–Crippen MR) is 125 cm³/mol. The molecule has 9 heteroatoms. The summed E-state index contributed by atoms with van der Waals surface area (Å²) in [6.07, 6.45) is 3.52. The molecule has 2 amide bonds. The molecule has 1 aliphatic carbocycles. The van der Waals surface area contributed by atoms with Crippen LogP contribution < -0.4 is 10.6 Å². The van der Waals surface area contributed by atoms with Gasteiger partial charge in [-0.05, 0) is 25.3 Å². The van der Waals surface area contributed by atoms with Crippen LogP contribution in [-0.2, 0) is 23.9 Å². The highest BCUT2D eigenvalue weighted by atomic mass is 32.1. The number of hydrogen-bond acceptors (Lipinski definition) is 7. The molecule has 1 aromatic heterocycles. The number of thiophene rings is 1. The number of esters is 2. The minimum absolute atomic E-state index is 0.194. The van der Waals surface area contributed by atoms with Crippen molar-refractivity contribution in [2.24, 2.45) is 0 Å². The fourth-order valence-corrected chi connectivity index (χ4v) is 4.96. The van der Waals surface area contributed by atoms with Crippen molar-refractivity contribution in [3.05, 3.63) is 41.3 Å². The Labute approximate surface area is 196 Å². The van der Waals surface area contributed by atoms with E-state index in [0.717, 1.165) is 24.8 Å². The molecule has 0 radical (unpaired) electrons. The van der Waals surface area contributed by atoms with E-state index in [0.29, 0.717) is 23.4 Å². The van der Waals surface area contributed by atoms with E-state index in [1.807, 2.05) is 30.3 Å². The Balaban J connectivity index is 1.72. The second-order valence-corrected chi connectivity index (χ2v) is 8.77. The molecule has 33 heavy (non-hydrogen) atoms. The standard InChI is InChI=1S/C24H28N2O6S/c1-3-31-22(29)20-18(17-10-6-4-7-11-17)15-33-21(20)25-19(28)14-32-23(30)24(26-16(2)27)12-8-5-9-13-24/h4,6-7,10-11,15H,3,5,8-9,12-14H2,1-2H3,(H,25,28)(H,26,27). The topological polar surface area (TPSA) is 111 Å². The monoisotopic (exact) mass is 472 g/mol. The number of amides is 2. The average molecular weight is 473 g/mol. The van der Waals surface area contributed by atoms with E-state index in [-0.39, 0.29) is 18.1 Å². The SMILES string of the molecule is CCOC(=O)c1c(-c2ccccc2)csc1NC(=O)COC(=O)C1(NC(C)=O)CCCCC1. The molecule has 1 aromatic carbocycles. The molecular weight excluding hydrogens is 444 g/mol. The summed E-state index contributed by atoms with van der Waals surface area (Å²) in [7, 11) is 0. The largest absolute Gasteiger partial charge is 0.462 e. The zero-order valence-corrected chi connectivity index (χ0v) is 19.6. The Morgan fingerprint density at radius 2 is 1.73 bits per heavy atom. The summed E-state index contributed by atoms with van der Waals surface area (Å²) in [6, 6.07) is 9.32. The third kappa shape index (κ3) is 5.98. The molecular formula is C24H28N2O6S. The molecule has 1 aliphatic rings. The molecule has 1 fully saturated rings. The maximum absolute atomic E-state index is 12.8. The molecule has 2 N–H and O–H groups in total. The van der Waals surface area contributed by atoms with Crippen molar-refractivity contribution in [3.63, 3.8) is 0 Å². The smallest absolute Gasteiger partial charge is 0.341 e. The Hall–Kier alpha value is -3.20. The molecule has 1 saturated carbocycles. The van der Waals surface area contributed by atoms with Crippen molar-refractivity contribution in [1.29, 1.82) is 0 Å². The Morgan fingerprint density at radius 3 is 2.36 bits per heavy atom. The van der Waals surface area contributed by atoms with Crippen LogP contribution in [0, 0.1) is 0 Å². The van der Waals surface area contributed by atoms with Crippen LogP contribution >= 0.6 is 11.3 Å². The van der Waals surface area contributed by atoms with Gasteiger partial charge in [0.15, 0.2) is 6.61 Å². The molecule has 0 unspecified atom stereocenters. The van der Waals surface area contributed by atoms with E-state index in [9.17, 15) is 19.2 Å². The Morgan fingerprint density at radius 1 is 1.03 bits per heavy atom. The van der Waals surface area contributed by atoms with Crippen LogP contribution in [0.2, 0.25) is 0 Å². The van der Waals surface area contributed by atoms with Gasteiger partial charge in [-0.1, -0.05) is 49.6 Å². The van der Waals surface area contributed by atoms with Gasteiger partial charge in [-0.15, -0.1) is 11.3 Å². The average Bonchev–Trinajstić information content (AvgIpc) is 3.22. The van der Waals surface area contributed by atoms with E-state index in [1.54, 1.807) is 12.3 Å². The normalized spacial score (nSPS) is 14.7. The van der Waals surface area contributed by atoms with Gasteiger partial charge in [0.1, 0.15) is 16.1 Å². The molecule has 3 rings (SSSR count). The third-order valence-electron chi connectivity index (χ3n) is 5.46. The Kier molecular flexibility index (Phi) is 8.21. The van der Waals surface area contributed by atoms with Crippen LogP contribution in [0.4, 0.5) is 5.00 Å². The summed E-state index contributed by atoms with van der Waals surface area (Å²) in [4.78, 5) is 49.6. The molecule has 0 saturated heterocycles. The van der Waals surface area contributed by atoms with Crippen LogP contribution in [0.25, 0.3) is 11.1 Å². The summed E-state index contributed by atoms with van der Waals surface area (Å²) < 4.78 is 10.5. The van der Waals surface area contributed by atoms with Gasteiger partial charge < -0.3 is 20.1 Å². The molecule has 176 valence electrons. The molecule has 0 bridgehead atoms. The number of ether oxygens (including phenoxy) is 2. The summed E-state index contributed by atoms with van der Waals surface area (Å²) in [6.45, 7) is 2.73. The van der Waals surface area contributed by atoms with Crippen LogP contribution in [-0.4, -0.2) is 42.5 Å². The van der Waals surface area contributed by atoms with E-state index in [2.05, 4.69) is 10.6 Å². The van der Waals surface area contributed by atoms with Crippen molar-refractivity contribution in [1.82, 2.24) is 5.32 Å². The van der Waals surface area contributed by atoms with Crippen LogP contribution in [0.15, 0.2) is 35.7 Å². The summed E-state index contributed by atoms with van der Waals surface area (Å²) in [5.41, 5.74) is 0.635. The van der Waals surface area contributed by atoms with E-state index >= 15 is 0 Å². The van der Waals surface area contributed by atoms with Crippen LogP contribution in [0.5, 0.6) is 0 Å². The molecule has 8 nitrogen and oxygen atoms in total. The zero-order chi connectivity index (χ0) is 23.8. The molecule has 2 aromatic rings. The fraction of sp³-hybridized carbons (Fsp3) is 0.417. The lowest BCUT2D eigenvalue weighted by Crippen LogP contribution is -2.56. The first kappa shape index (κ1) is 24.4. The van der Waals surface area contributed by atoms with Crippen molar-refractivity contribution < 1.29 is 28.7 Å². The van der Waals surface area contributed by atoms with Gasteiger partial charge in [-0.2, -0.15) is 0 Å². The highest BCUT2D eigenvalue weighted by Crippen LogP contribution is 2.36. The molecule has 0 atom stereocenters. The highest BCUT2D eigenvalue weighted by Gasteiger charge is 2.42. The van der Waals surface area contributed by atoms with Crippen molar-refractivity contribution in [2.75, 3.05) is 18.5 Å². The molecule has 1 heterocycles. The number of benzene rings is 1. The lowest BCUT2D eigenvalue weighted by atomic mass is 9.81. The number of carbonyl (C=O) groups excluding carboxylic acids is 4. The highest BCUT2D eigenvalue weighted by molar-refractivity contribution is 7.15. The van der Waals surface area contributed by atoms with Gasteiger partial charge in [-0.25, -0.2) is 9.59 Å². The van der Waals surface area contributed by atoms with Gasteiger partial charge in [0.25, 0.3) is 5.91 Å². The van der Waals surface area contributed by atoms with Crippen molar-refractivity contribution in [2.45, 2.75) is 51.5 Å². The third-order valence-corrected chi connectivity index (χ3v) is 6.35. The first-order valence-corrected chi connectivity index (χ1v) is 11.8. The number of carbonyl (C=O) groups is 4. The zero-order valence-electron chi connectivity index (χ0n) is 18.8. The minimum atomic E-state index is -1.09. The lowest BCUT2D eigenvalue weighted by Gasteiger charge is -2.35. The van der Waals surface area contributed by atoms with Gasteiger partial charge in [-0.3, -0.25) is 9.59 Å². The van der Waals surface area contributed by atoms with E-state index in [4.69, 9.17) is 9.47 Å². The fourth-order valence-electron chi connectivity index (χ4n) is 3.99. The van der Waals surface area contributed by atoms with Gasteiger partial charge in [0, 0.05) is 17.9 Å². The summed E-state index contributed by atoms with van der Waals surface area (Å²) in [5, 5.41) is 7.49. The van der Waals surface area contributed by atoms with Gasteiger partial charge in [0.2, 0.25) is 5.91 Å². The molecule has 0 aliphatic heterocycles. The second kappa shape index (κ2) is 11.1. The Bertz CT molecular complexity index is 1010. The lowest BCUT2D eigenvalue weighted by molar-refractivity contribution is -0.157. The summed E-state index contributed by atoms with van der Waals surface area (Å²) in [5.74, 6) is -2.06. The van der Waals surface area contributed by atoms with E-state index in [1.165, 1.54) is 18.3 Å². The number of anilines is 1. The first-order valence-electron chi connectivity index (χ1n) is 11.0. The van der Waals surface area contributed by atoms with Crippen molar-refractivity contribution in [3.8, 4) is 11.1 Å². The predicted octanol–water partition coefficient (Wildman–Crippen LogP) is 3.91. The van der Waals surface area contributed by atoms with Gasteiger partial charge in [0.05, 0.1) is 6.61 Å². The first-order chi connectivity index (χ1) is 15.9. The maximum Gasteiger partial charge on any atom is 0.341 e. The quantitative estimate of drug-likeness (QED) is 0.564. The van der Waals surface area contributed by atoms with Crippen LogP contribution in [0.1, 0.15) is 56.3 Å².